The number of aliphatic hydroxyl groups excluding tert-OH is 1. The van der Waals surface area contributed by atoms with Crippen LogP contribution >= 0.6 is 11.8 Å². The lowest BCUT2D eigenvalue weighted by molar-refractivity contribution is -0.172. The topological polar surface area (TPSA) is 153 Å². The van der Waals surface area contributed by atoms with Gasteiger partial charge in [0.15, 0.2) is 17.5 Å². The first kappa shape index (κ1) is 36.6. The Morgan fingerprint density at radius 3 is 2.37 bits per heavy atom. The summed E-state index contributed by atoms with van der Waals surface area (Å²) in [5.41, 5.74) is 1.54. The zero-order valence-corrected chi connectivity index (χ0v) is 29.0. The number of ether oxygens (including phenoxy) is 4. The summed E-state index contributed by atoms with van der Waals surface area (Å²) in [5, 5.41) is 28.1. The number of hydrogen-bond acceptors (Lipinski definition) is 12. The van der Waals surface area contributed by atoms with Gasteiger partial charge in [-0.1, -0.05) is 35.5 Å². The van der Waals surface area contributed by atoms with E-state index < -0.39 is 64.5 Å². The van der Waals surface area contributed by atoms with Crippen molar-refractivity contribution in [3.8, 4) is 22.5 Å². The van der Waals surface area contributed by atoms with E-state index in [1.54, 1.807) is 10.9 Å². The molecule has 2 aromatic heterocycles. The van der Waals surface area contributed by atoms with Crippen molar-refractivity contribution in [1.82, 2.24) is 30.0 Å². The summed E-state index contributed by atoms with van der Waals surface area (Å²) in [4.78, 5) is 23.4. The first-order chi connectivity index (χ1) is 24.4. The molecule has 0 saturated carbocycles. The summed E-state index contributed by atoms with van der Waals surface area (Å²) in [6.45, 7) is 4.94. The number of aromatic nitrogens is 6. The molecule has 2 aromatic carbocycles. The zero-order valence-electron chi connectivity index (χ0n) is 28.2. The maximum absolute atomic E-state index is 14.0. The van der Waals surface area contributed by atoms with Gasteiger partial charge in [0.2, 0.25) is 0 Å². The van der Waals surface area contributed by atoms with Crippen molar-refractivity contribution in [1.29, 1.82) is 0 Å². The fourth-order valence-corrected chi connectivity index (χ4v) is 7.92. The second-order valence-electron chi connectivity index (χ2n) is 12.7. The van der Waals surface area contributed by atoms with Crippen molar-refractivity contribution in [3.05, 3.63) is 71.8 Å². The molecular formula is C34H37F3N6O7S. The number of benzene rings is 2. The van der Waals surface area contributed by atoms with Crippen molar-refractivity contribution >= 4 is 23.5 Å². The van der Waals surface area contributed by atoms with Crippen molar-refractivity contribution < 1.29 is 46.8 Å². The highest BCUT2D eigenvalue weighted by Gasteiger charge is 2.49. The average molecular weight is 731 g/mol. The number of halogens is 3. The molecule has 2 aliphatic rings. The van der Waals surface area contributed by atoms with E-state index in [4.69, 9.17) is 18.9 Å². The van der Waals surface area contributed by atoms with Crippen LogP contribution in [0.2, 0.25) is 0 Å². The van der Waals surface area contributed by atoms with Crippen LogP contribution in [0.25, 0.3) is 22.5 Å². The number of carbonyl (C=O) groups excluding carboxylic acids is 2. The molecule has 0 amide bonds. The van der Waals surface area contributed by atoms with Gasteiger partial charge in [-0.25, -0.2) is 22.5 Å². The minimum Gasteiger partial charge on any atom is -0.463 e. The number of methoxy groups -OCH3 is 1. The molecule has 8 unspecified atom stereocenters. The molecule has 4 aromatic rings. The quantitative estimate of drug-likeness (QED) is 0.176. The van der Waals surface area contributed by atoms with Gasteiger partial charge < -0.3 is 24.1 Å². The molecule has 0 radical (unpaired) electrons. The summed E-state index contributed by atoms with van der Waals surface area (Å²) in [7, 11) is 1.50. The molecule has 0 bridgehead atoms. The Labute approximate surface area is 295 Å². The van der Waals surface area contributed by atoms with Gasteiger partial charge in [0.25, 0.3) is 0 Å². The van der Waals surface area contributed by atoms with Crippen LogP contribution < -0.4 is 0 Å². The molecule has 2 fully saturated rings. The van der Waals surface area contributed by atoms with E-state index in [-0.39, 0.29) is 42.8 Å². The first-order valence-electron chi connectivity index (χ1n) is 16.2. The minimum atomic E-state index is -1.59. The summed E-state index contributed by atoms with van der Waals surface area (Å²) in [6, 6.07) is 7.95. The number of Topliss-reactive ketones (excluding diaryl/α,β-unsaturated/α-hetero) is 1. The number of thioether (sulfide) groups is 1. The van der Waals surface area contributed by atoms with Gasteiger partial charge >= 0.3 is 5.97 Å². The molecule has 13 nitrogen and oxygen atoms in total. The van der Waals surface area contributed by atoms with Gasteiger partial charge in [0.1, 0.15) is 41.4 Å². The Bertz CT molecular complexity index is 1850. The van der Waals surface area contributed by atoms with Crippen LogP contribution in [-0.4, -0.2) is 103 Å². The predicted molar refractivity (Wildman–Crippen MR) is 177 cm³/mol. The van der Waals surface area contributed by atoms with Crippen LogP contribution in [-0.2, 0) is 35.0 Å². The predicted octanol–water partition coefficient (Wildman–Crippen LogP) is 3.97. The number of hydrogen-bond donors (Lipinski definition) is 1. The molecule has 0 aliphatic carbocycles. The summed E-state index contributed by atoms with van der Waals surface area (Å²) in [5.74, 6) is -5.15. The lowest BCUT2D eigenvalue weighted by Gasteiger charge is -2.46. The minimum absolute atomic E-state index is 0.0118. The molecule has 4 heterocycles. The van der Waals surface area contributed by atoms with E-state index in [0.29, 0.717) is 12.1 Å². The van der Waals surface area contributed by atoms with Crippen molar-refractivity contribution in [2.45, 2.75) is 68.3 Å². The van der Waals surface area contributed by atoms with Crippen LogP contribution in [0.5, 0.6) is 0 Å². The smallest absolute Gasteiger partial charge is 0.302 e. The average Bonchev–Trinajstić information content (AvgIpc) is 3.78. The van der Waals surface area contributed by atoms with Gasteiger partial charge in [-0.3, -0.25) is 9.59 Å². The van der Waals surface area contributed by atoms with Crippen LogP contribution in [0.3, 0.4) is 0 Å². The Morgan fingerprint density at radius 2 is 1.69 bits per heavy atom. The van der Waals surface area contributed by atoms with Gasteiger partial charge in [0.05, 0.1) is 49.1 Å². The van der Waals surface area contributed by atoms with E-state index in [1.165, 1.54) is 43.6 Å². The number of rotatable bonds is 11. The third-order valence-electron chi connectivity index (χ3n) is 9.04. The number of esters is 1. The fourth-order valence-electron chi connectivity index (χ4n) is 6.43. The van der Waals surface area contributed by atoms with Gasteiger partial charge in [-0.05, 0) is 30.7 Å². The summed E-state index contributed by atoms with van der Waals surface area (Å²) >= 11 is 1.28. The van der Waals surface area contributed by atoms with Crippen molar-refractivity contribution in [2.75, 3.05) is 26.9 Å². The zero-order chi connectivity index (χ0) is 36.4. The van der Waals surface area contributed by atoms with Crippen LogP contribution in [0.1, 0.15) is 38.4 Å². The lowest BCUT2D eigenvalue weighted by Crippen LogP contribution is -2.54. The molecule has 2 aliphatic heterocycles. The van der Waals surface area contributed by atoms with Crippen molar-refractivity contribution in [3.63, 3.8) is 0 Å². The van der Waals surface area contributed by atoms with E-state index in [0.717, 1.165) is 23.3 Å². The monoisotopic (exact) mass is 730 g/mol. The van der Waals surface area contributed by atoms with Crippen LogP contribution in [0, 0.1) is 23.4 Å². The molecule has 8 atom stereocenters. The number of nitrogens with zero attached hydrogens (tertiary/aromatic N) is 6. The molecule has 0 spiro atoms. The fraction of sp³-hybridized carbons (Fsp3) is 0.471. The molecule has 17 heteroatoms. The van der Waals surface area contributed by atoms with Gasteiger partial charge in [-0.2, -0.15) is 0 Å². The Kier molecular flexibility index (Phi) is 11.2. The molecule has 51 heavy (non-hydrogen) atoms. The number of aliphatic hydroxyl groups is 1. The Morgan fingerprint density at radius 1 is 1.00 bits per heavy atom. The molecule has 1 N–H and O–H groups in total. The maximum Gasteiger partial charge on any atom is 0.302 e. The number of carbonyl (C=O) groups is 2. The van der Waals surface area contributed by atoms with E-state index in [9.17, 15) is 27.9 Å². The van der Waals surface area contributed by atoms with E-state index >= 15 is 0 Å². The Hall–Kier alpha value is -4.16. The van der Waals surface area contributed by atoms with Crippen LogP contribution in [0.15, 0.2) is 48.8 Å². The molecule has 6 rings (SSSR count). The summed E-state index contributed by atoms with van der Waals surface area (Å²) in [6.07, 6.45) is 1.18. The highest BCUT2D eigenvalue weighted by Crippen LogP contribution is 2.43. The highest BCUT2D eigenvalue weighted by molar-refractivity contribution is 8.00. The SMILES string of the molecule is COC1C(SC2COCC(n3cc(-c4cccc(CC(C)=O)c4)nn3)C2O)OC(COC(C)=O)C(C)C1n1cc(-c2cc(F)c(F)c(F)c2)nn1. The van der Waals surface area contributed by atoms with Gasteiger partial charge in [0, 0.05) is 37.5 Å². The highest BCUT2D eigenvalue weighted by atomic mass is 32.2. The van der Waals surface area contributed by atoms with Gasteiger partial charge in [-0.15, -0.1) is 22.0 Å². The number of ketones is 1. The molecule has 2 saturated heterocycles. The molecule has 272 valence electrons. The third kappa shape index (κ3) is 8.02. The Balaban J connectivity index is 1.24. The normalized spacial score (nSPS) is 26.6. The van der Waals surface area contributed by atoms with E-state index in [2.05, 4.69) is 20.6 Å². The lowest BCUT2D eigenvalue weighted by atomic mass is 9.89. The second-order valence-corrected chi connectivity index (χ2v) is 14.0. The van der Waals surface area contributed by atoms with Crippen LogP contribution in [0.4, 0.5) is 13.2 Å². The van der Waals surface area contributed by atoms with E-state index in [1.807, 2.05) is 31.2 Å². The summed E-state index contributed by atoms with van der Waals surface area (Å²) < 4.78 is 68.5. The third-order valence-corrected chi connectivity index (χ3v) is 10.5. The largest absolute Gasteiger partial charge is 0.463 e. The second kappa shape index (κ2) is 15.6. The molecular weight excluding hydrogens is 693 g/mol. The first-order valence-corrected chi connectivity index (χ1v) is 17.2. The van der Waals surface area contributed by atoms with Crippen molar-refractivity contribution in [2.24, 2.45) is 5.92 Å². The standard InChI is InChI=1S/C34H37F3N6O7S/c1-17(44)8-20-6-5-7-21(9-20)25-12-42(40-38-25)27-14-48-16-29(32(27)46)51-34-33(47-4)31(18(2)28(50-34)15-49-19(3)45)43-13-26(39-41-43)22-10-23(35)30(37)24(36)11-22/h5-7,9-13,18,27-29,31-34,46H,8,14-16H2,1-4H3. The maximum atomic E-state index is 14.0.